The Morgan fingerprint density at radius 1 is 1.08 bits per heavy atom. The summed E-state index contributed by atoms with van der Waals surface area (Å²) in [4.78, 5) is 17.1. The third kappa shape index (κ3) is 2.65. The monoisotopic (exact) mass is 338 g/mol. The number of thiazole rings is 1. The lowest BCUT2D eigenvalue weighted by atomic mass is 10.2. The fraction of sp³-hybridized carbons (Fsp3) is 0. The van der Waals surface area contributed by atoms with Crippen LogP contribution in [0.15, 0.2) is 60.0 Å². The molecule has 0 unspecified atom stereocenters. The molecule has 5 nitrogen and oxygen atoms in total. The van der Waals surface area contributed by atoms with Crippen LogP contribution in [-0.4, -0.2) is 20.5 Å². The van der Waals surface area contributed by atoms with E-state index in [0.29, 0.717) is 10.5 Å². The minimum absolute atomic E-state index is 0.216. The van der Waals surface area contributed by atoms with Gasteiger partial charge in [-0.25, -0.2) is 8.91 Å². The summed E-state index contributed by atoms with van der Waals surface area (Å²) in [5.74, 6) is -0.553. The number of amides is 1. The number of carbonyl (C=O) groups excluding carboxylic acids is 1. The number of aromatic nitrogens is 3. The molecule has 1 amide bonds. The average molecular weight is 338 g/mol. The van der Waals surface area contributed by atoms with Gasteiger partial charge in [0, 0.05) is 16.5 Å². The predicted molar refractivity (Wildman–Crippen MR) is 90.7 cm³/mol. The summed E-state index contributed by atoms with van der Waals surface area (Å²) in [5.41, 5.74) is 2.27. The Morgan fingerprint density at radius 3 is 2.58 bits per heavy atom. The van der Waals surface area contributed by atoms with Crippen LogP contribution in [0.2, 0.25) is 0 Å². The largest absolute Gasteiger partial charge is 0.289 e. The van der Waals surface area contributed by atoms with E-state index in [4.69, 9.17) is 0 Å². The minimum atomic E-state index is -0.389. The van der Waals surface area contributed by atoms with E-state index in [1.165, 1.54) is 35.6 Å². The van der Waals surface area contributed by atoms with E-state index < -0.39 is 0 Å². The van der Waals surface area contributed by atoms with Gasteiger partial charge in [0.25, 0.3) is 11.9 Å². The van der Waals surface area contributed by atoms with Gasteiger partial charge in [0.2, 0.25) is 4.96 Å². The maximum atomic E-state index is 12.9. The number of benzene rings is 2. The lowest BCUT2D eigenvalue weighted by Gasteiger charge is -2.00. The molecule has 24 heavy (non-hydrogen) atoms. The summed E-state index contributed by atoms with van der Waals surface area (Å²) in [6, 6.07) is 15.1. The van der Waals surface area contributed by atoms with Gasteiger partial charge in [-0.2, -0.15) is 4.98 Å². The summed E-state index contributed by atoms with van der Waals surface area (Å²) >= 11 is 1.44. The number of nitrogens with zero attached hydrogens (tertiary/aromatic N) is 3. The summed E-state index contributed by atoms with van der Waals surface area (Å²) in [6.07, 6.45) is 0. The highest BCUT2D eigenvalue weighted by Crippen LogP contribution is 2.25. The first-order chi connectivity index (χ1) is 11.7. The number of nitrogens with one attached hydrogen (secondary N) is 1. The second-order valence-electron chi connectivity index (χ2n) is 5.08. The quantitative estimate of drug-likeness (QED) is 0.617. The highest BCUT2D eigenvalue weighted by molar-refractivity contribution is 7.15. The Kier molecular flexibility index (Phi) is 3.55. The summed E-state index contributed by atoms with van der Waals surface area (Å²) in [7, 11) is 0. The molecule has 0 radical (unpaired) electrons. The lowest BCUT2D eigenvalue weighted by Crippen LogP contribution is -2.13. The molecular weight excluding hydrogens is 327 g/mol. The first-order valence-electron chi connectivity index (χ1n) is 7.17. The molecule has 0 saturated heterocycles. The molecule has 4 rings (SSSR count). The van der Waals surface area contributed by atoms with E-state index in [-0.39, 0.29) is 17.7 Å². The van der Waals surface area contributed by atoms with Crippen LogP contribution in [0.5, 0.6) is 0 Å². The number of hydrogen-bond donors (Lipinski definition) is 1. The zero-order valence-corrected chi connectivity index (χ0v) is 13.1. The second kappa shape index (κ2) is 5.86. The molecular formula is C17H11FN4OS. The Bertz CT molecular complexity index is 1010. The van der Waals surface area contributed by atoms with Gasteiger partial charge < -0.3 is 0 Å². The van der Waals surface area contributed by atoms with Gasteiger partial charge in [-0.3, -0.25) is 10.1 Å². The van der Waals surface area contributed by atoms with Crippen molar-refractivity contribution < 1.29 is 9.18 Å². The number of fused-ring (bicyclic) bond motifs is 1. The molecule has 2 aromatic heterocycles. The van der Waals surface area contributed by atoms with Gasteiger partial charge in [-0.1, -0.05) is 30.3 Å². The molecule has 0 spiro atoms. The van der Waals surface area contributed by atoms with Crippen molar-refractivity contribution in [1.29, 1.82) is 0 Å². The maximum Gasteiger partial charge on any atom is 0.258 e. The van der Waals surface area contributed by atoms with Crippen molar-refractivity contribution in [2.75, 3.05) is 5.32 Å². The molecule has 0 saturated carbocycles. The topological polar surface area (TPSA) is 59.3 Å². The number of anilines is 1. The van der Waals surface area contributed by atoms with E-state index in [2.05, 4.69) is 15.4 Å². The van der Waals surface area contributed by atoms with Crippen LogP contribution in [0.4, 0.5) is 10.3 Å². The molecule has 118 valence electrons. The van der Waals surface area contributed by atoms with Crippen LogP contribution in [0, 0.1) is 5.82 Å². The predicted octanol–water partition coefficient (Wildman–Crippen LogP) is 3.85. The van der Waals surface area contributed by atoms with Crippen molar-refractivity contribution in [2.45, 2.75) is 0 Å². The molecule has 2 heterocycles. The Morgan fingerprint density at radius 2 is 1.83 bits per heavy atom. The van der Waals surface area contributed by atoms with E-state index in [0.717, 1.165) is 11.3 Å². The zero-order valence-electron chi connectivity index (χ0n) is 12.3. The fourth-order valence-electron chi connectivity index (χ4n) is 2.32. The van der Waals surface area contributed by atoms with Gasteiger partial charge in [-0.15, -0.1) is 16.4 Å². The molecule has 7 heteroatoms. The highest BCUT2D eigenvalue weighted by Gasteiger charge is 2.14. The summed E-state index contributed by atoms with van der Waals surface area (Å²) < 4.78 is 14.6. The molecule has 0 fully saturated rings. The fourth-order valence-corrected chi connectivity index (χ4v) is 3.15. The normalized spacial score (nSPS) is 10.9. The van der Waals surface area contributed by atoms with Crippen molar-refractivity contribution in [3.05, 3.63) is 71.4 Å². The van der Waals surface area contributed by atoms with Gasteiger partial charge >= 0.3 is 0 Å². The molecule has 1 N–H and O–H groups in total. The van der Waals surface area contributed by atoms with E-state index >= 15 is 0 Å². The van der Waals surface area contributed by atoms with Crippen LogP contribution in [0.3, 0.4) is 0 Å². The third-order valence-corrected chi connectivity index (χ3v) is 4.30. The van der Waals surface area contributed by atoms with Gasteiger partial charge in [-0.05, 0) is 24.3 Å². The summed E-state index contributed by atoms with van der Waals surface area (Å²) in [6.45, 7) is 0. The molecule has 0 atom stereocenters. The van der Waals surface area contributed by atoms with Crippen LogP contribution in [0.25, 0.3) is 16.2 Å². The second-order valence-corrected chi connectivity index (χ2v) is 5.91. The smallest absolute Gasteiger partial charge is 0.258 e. The molecule has 0 aliphatic carbocycles. The summed E-state index contributed by atoms with van der Waals surface area (Å²) in [5, 5.41) is 8.94. The molecule has 0 aliphatic heterocycles. The number of carbonyl (C=O) groups is 1. The van der Waals surface area contributed by atoms with Gasteiger partial charge in [0.15, 0.2) is 0 Å². The van der Waals surface area contributed by atoms with E-state index in [9.17, 15) is 9.18 Å². The van der Waals surface area contributed by atoms with Crippen molar-refractivity contribution in [2.24, 2.45) is 0 Å². The van der Waals surface area contributed by atoms with Gasteiger partial charge in [0.05, 0.1) is 5.69 Å². The van der Waals surface area contributed by atoms with Crippen LogP contribution >= 0.6 is 11.3 Å². The molecule has 0 bridgehead atoms. The number of hydrogen-bond acceptors (Lipinski definition) is 4. The average Bonchev–Trinajstić information content (AvgIpc) is 3.16. The van der Waals surface area contributed by atoms with Crippen molar-refractivity contribution in [3.8, 4) is 11.3 Å². The van der Waals surface area contributed by atoms with Crippen LogP contribution in [0.1, 0.15) is 10.4 Å². The van der Waals surface area contributed by atoms with Crippen LogP contribution in [-0.2, 0) is 0 Å². The molecule has 2 aromatic carbocycles. The highest BCUT2D eigenvalue weighted by atomic mass is 32.1. The van der Waals surface area contributed by atoms with E-state index in [1.807, 2.05) is 35.7 Å². The van der Waals surface area contributed by atoms with Crippen molar-refractivity contribution in [3.63, 3.8) is 0 Å². The molecule has 4 aromatic rings. The van der Waals surface area contributed by atoms with Crippen molar-refractivity contribution in [1.82, 2.24) is 14.6 Å². The molecule has 0 aliphatic rings. The SMILES string of the molecule is O=C(Nc1nc2scc(-c3ccccc3)n2n1)c1ccc(F)cc1. The number of rotatable bonds is 3. The zero-order chi connectivity index (χ0) is 16.5. The Hall–Kier alpha value is -3.06. The number of halogens is 1. The maximum absolute atomic E-state index is 12.9. The van der Waals surface area contributed by atoms with Crippen molar-refractivity contribution >= 4 is 28.2 Å². The minimum Gasteiger partial charge on any atom is -0.289 e. The van der Waals surface area contributed by atoms with E-state index in [1.54, 1.807) is 4.52 Å². The first-order valence-corrected chi connectivity index (χ1v) is 8.05. The third-order valence-electron chi connectivity index (χ3n) is 3.48. The Labute approximate surface area is 140 Å². The standard InChI is InChI=1S/C17H11FN4OS/c18-13-8-6-12(7-9-13)15(23)19-16-20-17-22(21-16)14(10-24-17)11-4-2-1-3-5-11/h1-10H,(H,19,21,23). The first kappa shape index (κ1) is 14.5. The van der Waals surface area contributed by atoms with Crippen LogP contribution < -0.4 is 5.32 Å². The lowest BCUT2D eigenvalue weighted by molar-refractivity contribution is 0.102. The van der Waals surface area contributed by atoms with Gasteiger partial charge in [0.1, 0.15) is 5.82 Å². The Balaban J connectivity index is 1.63.